The van der Waals surface area contributed by atoms with Crippen molar-refractivity contribution in [2.24, 2.45) is 4.99 Å². The molecule has 0 amide bonds. The molecule has 0 aliphatic rings. The van der Waals surface area contributed by atoms with Crippen molar-refractivity contribution in [3.63, 3.8) is 0 Å². The van der Waals surface area contributed by atoms with Crippen LogP contribution in [0.3, 0.4) is 0 Å². The van der Waals surface area contributed by atoms with E-state index in [0.29, 0.717) is 0 Å². The van der Waals surface area contributed by atoms with E-state index in [1.165, 1.54) is 22.2 Å². The SMILES string of the molecule is CN=C(NCCc1ccccn1)NCCc1c(C)[nH]c2ccccc12.I. The predicted octanol–water partition coefficient (Wildman–Crippen LogP) is 3.44. The molecule has 0 saturated carbocycles. The Morgan fingerprint density at radius 2 is 1.77 bits per heavy atom. The third kappa shape index (κ3) is 5.20. The minimum Gasteiger partial charge on any atom is -0.358 e. The van der Waals surface area contributed by atoms with Gasteiger partial charge in [0.25, 0.3) is 0 Å². The van der Waals surface area contributed by atoms with Crippen LogP contribution in [-0.2, 0) is 12.8 Å². The maximum Gasteiger partial charge on any atom is 0.190 e. The lowest BCUT2D eigenvalue weighted by atomic mass is 10.1. The number of aromatic amines is 1. The molecule has 0 radical (unpaired) electrons. The van der Waals surface area contributed by atoms with Gasteiger partial charge in [0.2, 0.25) is 0 Å². The van der Waals surface area contributed by atoms with E-state index in [1.54, 1.807) is 7.05 Å². The molecule has 26 heavy (non-hydrogen) atoms. The Morgan fingerprint density at radius 1 is 1.04 bits per heavy atom. The number of hydrogen-bond donors (Lipinski definition) is 3. The van der Waals surface area contributed by atoms with Gasteiger partial charge in [-0.05, 0) is 37.1 Å². The summed E-state index contributed by atoms with van der Waals surface area (Å²) in [5, 5.41) is 8.04. The number of nitrogens with zero attached hydrogens (tertiary/aromatic N) is 2. The van der Waals surface area contributed by atoms with Gasteiger partial charge < -0.3 is 15.6 Å². The van der Waals surface area contributed by atoms with Crippen molar-refractivity contribution in [3.8, 4) is 0 Å². The summed E-state index contributed by atoms with van der Waals surface area (Å²) in [6, 6.07) is 14.4. The predicted molar refractivity (Wildman–Crippen MR) is 119 cm³/mol. The molecule has 1 aromatic carbocycles. The first-order chi connectivity index (χ1) is 12.3. The van der Waals surface area contributed by atoms with Crippen LogP contribution in [0.1, 0.15) is 17.0 Å². The third-order valence-corrected chi connectivity index (χ3v) is 4.32. The van der Waals surface area contributed by atoms with Crippen LogP contribution in [0.4, 0.5) is 0 Å². The Labute approximate surface area is 171 Å². The molecule has 0 saturated heterocycles. The molecule has 0 aliphatic carbocycles. The highest BCUT2D eigenvalue weighted by Gasteiger charge is 2.07. The zero-order chi connectivity index (χ0) is 17.5. The van der Waals surface area contributed by atoms with Crippen LogP contribution in [0.25, 0.3) is 10.9 Å². The summed E-state index contributed by atoms with van der Waals surface area (Å²) in [4.78, 5) is 12.1. The topological polar surface area (TPSA) is 65.1 Å². The van der Waals surface area contributed by atoms with E-state index in [4.69, 9.17) is 0 Å². The summed E-state index contributed by atoms with van der Waals surface area (Å²) in [7, 11) is 1.80. The van der Waals surface area contributed by atoms with Crippen LogP contribution in [-0.4, -0.2) is 36.1 Å². The molecule has 0 bridgehead atoms. The zero-order valence-electron chi connectivity index (χ0n) is 15.2. The molecule has 3 N–H and O–H groups in total. The number of aromatic nitrogens is 2. The number of fused-ring (bicyclic) bond motifs is 1. The van der Waals surface area contributed by atoms with Gasteiger partial charge in [0.1, 0.15) is 0 Å². The van der Waals surface area contributed by atoms with Crippen molar-refractivity contribution in [2.75, 3.05) is 20.1 Å². The molecule has 0 aliphatic heterocycles. The molecule has 0 unspecified atom stereocenters. The van der Waals surface area contributed by atoms with Gasteiger partial charge in [-0.1, -0.05) is 24.3 Å². The van der Waals surface area contributed by atoms with E-state index in [9.17, 15) is 0 Å². The molecule has 0 atom stereocenters. The van der Waals surface area contributed by atoms with Gasteiger partial charge in [0.05, 0.1) is 0 Å². The Bertz CT molecular complexity index is 842. The lowest BCUT2D eigenvalue weighted by molar-refractivity contribution is 0.776. The first-order valence-electron chi connectivity index (χ1n) is 8.68. The van der Waals surface area contributed by atoms with Crippen LogP contribution in [0.2, 0.25) is 0 Å². The lowest BCUT2D eigenvalue weighted by Gasteiger charge is -2.12. The minimum atomic E-state index is 0. The molecule has 2 heterocycles. The highest BCUT2D eigenvalue weighted by atomic mass is 127. The lowest BCUT2D eigenvalue weighted by Crippen LogP contribution is -2.39. The number of rotatable bonds is 6. The van der Waals surface area contributed by atoms with Crippen molar-refractivity contribution >= 4 is 40.8 Å². The summed E-state index contributed by atoms with van der Waals surface area (Å²) >= 11 is 0. The number of halogens is 1. The van der Waals surface area contributed by atoms with E-state index >= 15 is 0 Å². The van der Waals surface area contributed by atoms with Crippen LogP contribution in [0.5, 0.6) is 0 Å². The largest absolute Gasteiger partial charge is 0.358 e. The molecule has 6 heteroatoms. The normalized spacial score (nSPS) is 11.2. The zero-order valence-corrected chi connectivity index (χ0v) is 17.6. The Balaban J connectivity index is 0.00000243. The highest BCUT2D eigenvalue weighted by Crippen LogP contribution is 2.21. The molecule has 0 fully saturated rings. The number of hydrogen-bond acceptors (Lipinski definition) is 2. The van der Waals surface area contributed by atoms with Crippen LogP contribution >= 0.6 is 24.0 Å². The van der Waals surface area contributed by atoms with Crippen molar-refractivity contribution in [3.05, 3.63) is 65.6 Å². The fourth-order valence-corrected chi connectivity index (χ4v) is 3.04. The molecule has 0 spiro atoms. The minimum absolute atomic E-state index is 0. The van der Waals surface area contributed by atoms with Gasteiger partial charge in [0.15, 0.2) is 5.96 Å². The summed E-state index contributed by atoms with van der Waals surface area (Å²) < 4.78 is 0. The third-order valence-electron chi connectivity index (χ3n) is 4.32. The number of aryl methyl sites for hydroxylation is 1. The van der Waals surface area contributed by atoms with Crippen molar-refractivity contribution in [2.45, 2.75) is 19.8 Å². The Morgan fingerprint density at radius 3 is 2.50 bits per heavy atom. The summed E-state index contributed by atoms with van der Waals surface area (Å²) in [6.07, 6.45) is 3.66. The number of aliphatic imine (C=N–C) groups is 1. The molecule has 3 rings (SSSR count). The summed E-state index contributed by atoms with van der Waals surface area (Å²) in [5.41, 5.74) is 4.89. The van der Waals surface area contributed by atoms with E-state index in [2.05, 4.69) is 56.8 Å². The van der Waals surface area contributed by atoms with Gasteiger partial charge in [-0.15, -0.1) is 24.0 Å². The van der Waals surface area contributed by atoms with Gasteiger partial charge in [-0.3, -0.25) is 9.98 Å². The second-order valence-corrected chi connectivity index (χ2v) is 6.02. The number of para-hydroxylation sites is 1. The number of benzene rings is 1. The molecule has 2 aromatic heterocycles. The number of guanidine groups is 1. The van der Waals surface area contributed by atoms with E-state index in [-0.39, 0.29) is 24.0 Å². The fraction of sp³-hybridized carbons (Fsp3) is 0.300. The van der Waals surface area contributed by atoms with Crippen LogP contribution in [0, 0.1) is 6.92 Å². The first kappa shape index (κ1) is 20.2. The molecule has 138 valence electrons. The van der Waals surface area contributed by atoms with E-state index < -0.39 is 0 Å². The second kappa shape index (κ2) is 10.2. The van der Waals surface area contributed by atoms with Gasteiger partial charge in [0, 0.05) is 55.0 Å². The molecule has 3 aromatic rings. The Kier molecular flexibility index (Phi) is 7.90. The Hall–Kier alpha value is -2.09. The maximum absolute atomic E-state index is 4.33. The first-order valence-corrected chi connectivity index (χ1v) is 8.68. The average molecular weight is 463 g/mol. The second-order valence-electron chi connectivity index (χ2n) is 6.02. The van der Waals surface area contributed by atoms with E-state index in [1.807, 2.05) is 24.4 Å². The smallest absolute Gasteiger partial charge is 0.190 e. The van der Waals surface area contributed by atoms with Crippen molar-refractivity contribution < 1.29 is 0 Å². The molecular formula is C20H26IN5. The number of nitrogens with one attached hydrogen (secondary N) is 3. The molecular weight excluding hydrogens is 437 g/mol. The monoisotopic (exact) mass is 463 g/mol. The van der Waals surface area contributed by atoms with Crippen molar-refractivity contribution in [1.82, 2.24) is 20.6 Å². The van der Waals surface area contributed by atoms with Crippen LogP contribution < -0.4 is 10.6 Å². The van der Waals surface area contributed by atoms with Gasteiger partial charge >= 0.3 is 0 Å². The van der Waals surface area contributed by atoms with E-state index in [0.717, 1.165) is 37.6 Å². The summed E-state index contributed by atoms with van der Waals surface area (Å²) in [5.74, 6) is 0.827. The number of pyridine rings is 1. The molecule has 5 nitrogen and oxygen atoms in total. The van der Waals surface area contributed by atoms with Crippen molar-refractivity contribution in [1.29, 1.82) is 0 Å². The number of H-pyrrole nitrogens is 1. The summed E-state index contributed by atoms with van der Waals surface area (Å²) in [6.45, 7) is 3.78. The van der Waals surface area contributed by atoms with Gasteiger partial charge in [-0.2, -0.15) is 0 Å². The fourth-order valence-electron chi connectivity index (χ4n) is 3.04. The van der Waals surface area contributed by atoms with Crippen LogP contribution in [0.15, 0.2) is 53.7 Å². The van der Waals surface area contributed by atoms with Gasteiger partial charge in [-0.25, -0.2) is 0 Å². The average Bonchev–Trinajstić information content (AvgIpc) is 2.97. The highest BCUT2D eigenvalue weighted by molar-refractivity contribution is 14.0. The standard InChI is InChI=1S/C20H25N5.HI/c1-15-17(18-8-3-4-9-19(18)25-15)11-14-24-20(21-2)23-13-10-16-7-5-6-12-22-16;/h3-9,12,25H,10-11,13-14H2,1-2H3,(H2,21,23,24);1H. The maximum atomic E-state index is 4.33. The quantitative estimate of drug-likeness (QED) is 0.298.